The Morgan fingerprint density at radius 1 is 1.09 bits per heavy atom. The molecule has 0 aliphatic heterocycles. The first-order chi connectivity index (χ1) is 10.7. The zero-order valence-electron chi connectivity index (χ0n) is 11.4. The van der Waals surface area contributed by atoms with Gasteiger partial charge in [0.1, 0.15) is 11.6 Å². The van der Waals surface area contributed by atoms with E-state index in [-0.39, 0.29) is 11.6 Å². The summed E-state index contributed by atoms with van der Waals surface area (Å²) in [4.78, 5) is 4.39. The molecule has 110 valence electrons. The van der Waals surface area contributed by atoms with Crippen molar-refractivity contribution in [3.8, 4) is 17.0 Å². The average Bonchev–Trinajstić information content (AvgIpc) is 2.99. The van der Waals surface area contributed by atoms with Crippen molar-refractivity contribution in [1.82, 2.24) is 4.98 Å². The molecule has 0 fully saturated rings. The number of aromatic hydroxyl groups is 1. The summed E-state index contributed by atoms with van der Waals surface area (Å²) < 4.78 is 12.9. The highest BCUT2D eigenvalue weighted by Gasteiger charge is 2.03. The zero-order valence-corrected chi connectivity index (χ0v) is 12.2. The molecule has 3 rings (SSSR count). The first-order valence-corrected chi connectivity index (χ1v) is 7.38. The number of hydrogen-bond acceptors (Lipinski definition) is 5. The third-order valence-corrected chi connectivity index (χ3v) is 3.66. The molecule has 4 nitrogen and oxygen atoms in total. The number of anilines is 1. The number of phenols is 1. The quantitative estimate of drug-likeness (QED) is 0.563. The van der Waals surface area contributed by atoms with Gasteiger partial charge in [-0.15, -0.1) is 11.3 Å². The van der Waals surface area contributed by atoms with E-state index in [0.29, 0.717) is 5.13 Å². The lowest BCUT2D eigenvalue weighted by Gasteiger charge is -1.96. The molecule has 2 aromatic carbocycles. The third kappa shape index (κ3) is 3.48. The number of halogens is 1. The molecule has 3 aromatic rings. The molecule has 1 heterocycles. The van der Waals surface area contributed by atoms with Crippen molar-refractivity contribution in [2.24, 2.45) is 5.10 Å². The van der Waals surface area contributed by atoms with Gasteiger partial charge in [0.15, 0.2) is 0 Å². The van der Waals surface area contributed by atoms with Crippen LogP contribution in [-0.2, 0) is 0 Å². The third-order valence-electron chi connectivity index (χ3n) is 2.91. The van der Waals surface area contributed by atoms with Crippen LogP contribution in [0.15, 0.2) is 59.0 Å². The Kier molecular flexibility index (Phi) is 4.11. The van der Waals surface area contributed by atoms with Crippen LogP contribution >= 0.6 is 11.3 Å². The van der Waals surface area contributed by atoms with Crippen LogP contribution in [0.25, 0.3) is 11.3 Å². The maximum absolute atomic E-state index is 12.9. The van der Waals surface area contributed by atoms with Gasteiger partial charge in [0.2, 0.25) is 5.13 Å². The topological polar surface area (TPSA) is 57.5 Å². The molecule has 0 unspecified atom stereocenters. The fourth-order valence-electron chi connectivity index (χ4n) is 1.80. The number of aromatic nitrogens is 1. The minimum absolute atomic E-state index is 0.217. The van der Waals surface area contributed by atoms with Gasteiger partial charge in [-0.05, 0) is 54.1 Å². The van der Waals surface area contributed by atoms with Crippen molar-refractivity contribution in [2.75, 3.05) is 5.43 Å². The maximum Gasteiger partial charge on any atom is 0.203 e. The van der Waals surface area contributed by atoms with Gasteiger partial charge >= 0.3 is 0 Å². The van der Waals surface area contributed by atoms with E-state index in [1.807, 2.05) is 5.38 Å². The molecule has 0 atom stereocenters. The second-order valence-electron chi connectivity index (χ2n) is 4.51. The van der Waals surface area contributed by atoms with Crippen molar-refractivity contribution in [3.05, 3.63) is 65.3 Å². The number of benzene rings is 2. The van der Waals surface area contributed by atoms with Crippen LogP contribution in [0.2, 0.25) is 0 Å². The molecule has 0 bridgehead atoms. The number of phenolic OH excluding ortho intramolecular Hbond substituents is 1. The van der Waals surface area contributed by atoms with E-state index in [1.54, 1.807) is 42.6 Å². The van der Waals surface area contributed by atoms with E-state index < -0.39 is 0 Å². The molecule has 0 saturated carbocycles. The number of hydrazone groups is 1. The highest BCUT2D eigenvalue weighted by Crippen LogP contribution is 2.24. The van der Waals surface area contributed by atoms with Crippen LogP contribution in [0, 0.1) is 5.82 Å². The molecule has 0 saturated heterocycles. The van der Waals surface area contributed by atoms with Gasteiger partial charge in [-0.25, -0.2) is 9.37 Å². The fourth-order valence-corrected chi connectivity index (χ4v) is 2.47. The Morgan fingerprint density at radius 2 is 1.82 bits per heavy atom. The molecule has 0 aliphatic carbocycles. The van der Waals surface area contributed by atoms with E-state index in [4.69, 9.17) is 0 Å². The van der Waals surface area contributed by atoms with Crippen LogP contribution in [-0.4, -0.2) is 16.3 Å². The molecule has 0 spiro atoms. The number of rotatable bonds is 4. The monoisotopic (exact) mass is 313 g/mol. The van der Waals surface area contributed by atoms with Gasteiger partial charge in [-0.1, -0.05) is 0 Å². The smallest absolute Gasteiger partial charge is 0.203 e. The van der Waals surface area contributed by atoms with Crippen molar-refractivity contribution < 1.29 is 9.50 Å². The van der Waals surface area contributed by atoms with Crippen molar-refractivity contribution >= 4 is 22.7 Å². The largest absolute Gasteiger partial charge is 0.508 e. The van der Waals surface area contributed by atoms with Gasteiger partial charge < -0.3 is 5.11 Å². The van der Waals surface area contributed by atoms with Gasteiger partial charge in [0.05, 0.1) is 11.9 Å². The summed E-state index contributed by atoms with van der Waals surface area (Å²) >= 11 is 1.42. The van der Waals surface area contributed by atoms with E-state index in [0.717, 1.165) is 16.8 Å². The lowest BCUT2D eigenvalue weighted by molar-refractivity contribution is 0.475. The Hall–Kier alpha value is -2.73. The van der Waals surface area contributed by atoms with Crippen molar-refractivity contribution in [1.29, 1.82) is 0 Å². The fraction of sp³-hybridized carbons (Fsp3) is 0. The summed E-state index contributed by atoms with van der Waals surface area (Å²) in [7, 11) is 0. The summed E-state index contributed by atoms with van der Waals surface area (Å²) in [5, 5.41) is 15.8. The summed E-state index contributed by atoms with van der Waals surface area (Å²) in [6.45, 7) is 0. The number of nitrogens with zero attached hydrogens (tertiary/aromatic N) is 2. The van der Waals surface area contributed by atoms with Crippen molar-refractivity contribution in [2.45, 2.75) is 0 Å². The first kappa shape index (κ1) is 14.2. The highest BCUT2D eigenvalue weighted by molar-refractivity contribution is 7.14. The van der Waals surface area contributed by atoms with Crippen LogP contribution in [0.5, 0.6) is 5.75 Å². The molecule has 0 aliphatic rings. The van der Waals surface area contributed by atoms with Gasteiger partial charge in [-0.2, -0.15) is 5.10 Å². The molecular weight excluding hydrogens is 301 g/mol. The predicted octanol–water partition coefficient (Wildman–Crippen LogP) is 4.10. The molecule has 2 N–H and O–H groups in total. The molecule has 0 amide bonds. The Labute approximate surface area is 130 Å². The number of nitrogens with one attached hydrogen (secondary N) is 1. The summed E-state index contributed by atoms with van der Waals surface area (Å²) in [6, 6.07) is 12.9. The van der Waals surface area contributed by atoms with Crippen LogP contribution in [0.1, 0.15) is 5.56 Å². The lowest BCUT2D eigenvalue weighted by Crippen LogP contribution is -1.90. The van der Waals surface area contributed by atoms with E-state index in [9.17, 15) is 9.50 Å². The normalized spacial score (nSPS) is 11.0. The van der Waals surface area contributed by atoms with Gasteiger partial charge in [0, 0.05) is 10.9 Å². The molecule has 1 aromatic heterocycles. The standard InChI is InChI=1S/C16H12FN3OS/c17-13-5-3-12(4-6-13)15-10-22-16(19-15)20-18-9-11-1-7-14(21)8-2-11/h1-10,21H,(H,19,20)/b18-9+. The van der Waals surface area contributed by atoms with E-state index in [1.165, 1.54) is 23.5 Å². The number of thiazole rings is 1. The second kappa shape index (κ2) is 6.36. The zero-order chi connectivity index (χ0) is 15.4. The molecular formula is C16H12FN3OS. The number of hydrogen-bond donors (Lipinski definition) is 2. The summed E-state index contributed by atoms with van der Waals surface area (Å²) in [6.07, 6.45) is 1.64. The summed E-state index contributed by atoms with van der Waals surface area (Å²) in [5.74, 6) is -0.0511. The van der Waals surface area contributed by atoms with Crippen molar-refractivity contribution in [3.63, 3.8) is 0 Å². The Morgan fingerprint density at radius 3 is 2.55 bits per heavy atom. The lowest BCUT2D eigenvalue weighted by atomic mass is 10.2. The van der Waals surface area contributed by atoms with Gasteiger partial charge in [0.25, 0.3) is 0 Å². The van der Waals surface area contributed by atoms with Crippen LogP contribution in [0.4, 0.5) is 9.52 Å². The second-order valence-corrected chi connectivity index (χ2v) is 5.36. The summed E-state index contributed by atoms with van der Waals surface area (Å²) in [5.41, 5.74) is 5.34. The van der Waals surface area contributed by atoms with E-state index in [2.05, 4.69) is 15.5 Å². The SMILES string of the molecule is Oc1ccc(/C=N/Nc2nc(-c3ccc(F)cc3)cs2)cc1. The Balaban J connectivity index is 1.66. The van der Waals surface area contributed by atoms with Crippen LogP contribution in [0.3, 0.4) is 0 Å². The molecule has 0 radical (unpaired) electrons. The predicted molar refractivity (Wildman–Crippen MR) is 86.8 cm³/mol. The Bertz CT molecular complexity index is 782. The average molecular weight is 313 g/mol. The molecule has 22 heavy (non-hydrogen) atoms. The van der Waals surface area contributed by atoms with E-state index >= 15 is 0 Å². The highest BCUT2D eigenvalue weighted by atomic mass is 32.1. The van der Waals surface area contributed by atoms with Gasteiger partial charge in [-0.3, -0.25) is 5.43 Å². The minimum atomic E-state index is -0.268. The minimum Gasteiger partial charge on any atom is -0.508 e. The molecule has 6 heteroatoms. The first-order valence-electron chi connectivity index (χ1n) is 6.50. The maximum atomic E-state index is 12.9. The van der Waals surface area contributed by atoms with Crippen LogP contribution < -0.4 is 5.43 Å².